The maximum Gasteiger partial charge on any atom is 0.414 e. The van der Waals surface area contributed by atoms with Crippen LogP contribution in [0.25, 0.3) is 0 Å². The summed E-state index contributed by atoms with van der Waals surface area (Å²) in [7, 11) is 1.90. The first-order chi connectivity index (χ1) is 10.4. The van der Waals surface area contributed by atoms with Gasteiger partial charge in [-0.2, -0.15) is 11.8 Å². The topological polar surface area (TPSA) is 164 Å². The number of furan rings is 1. The second kappa shape index (κ2) is 11.5. The van der Waals surface area contributed by atoms with Gasteiger partial charge in [0.05, 0.1) is 18.8 Å². The van der Waals surface area contributed by atoms with Crippen LogP contribution in [0.4, 0.5) is 0 Å². The van der Waals surface area contributed by atoms with Crippen LogP contribution < -0.4 is 16.8 Å². The van der Waals surface area contributed by atoms with Gasteiger partial charge in [0.2, 0.25) is 0 Å². The van der Waals surface area contributed by atoms with Gasteiger partial charge in [-0.3, -0.25) is 4.99 Å². The highest BCUT2D eigenvalue weighted by Crippen LogP contribution is 2.15. The summed E-state index contributed by atoms with van der Waals surface area (Å²) in [5, 5.41) is 17.8. The Morgan fingerprint density at radius 3 is 2.36 bits per heavy atom. The van der Waals surface area contributed by atoms with E-state index in [2.05, 4.69) is 10.3 Å². The third-order valence-electron chi connectivity index (χ3n) is 2.03. The van der Waals surface area contributed by atoms with Gasteiger partial charge in [0.15, 0.2) is 5.96 Å². The maximum atomic E-state index is 9.10. The molecule has 0 atom stereocenters. The number of aliphatic carboxylic acids is 2. The average Bonchev–Trinajstić information content (AvgIpc) is 2.87. The van der Waals surface area contributed by atoms with Gasteiger partial charge in [-0.05, 0) is 19.2 Å². The number of nitrogens with two attached hydrogens (primary N) is 2. The number of rotatable bonds is 7. The molecule has 1 heterocycles. The molecule has 0 fully saturated rings. The van der Waals surface area contributed by atoms with E-state index in [-0.39, 0.29) is 5.96 Å². The van der Waals surface area contributed by atoms with E-state index in [1.54, 1.807) is 11.8 Å². The van der Waals surface area contributed by atoms with Gasteiger partial charge >= 0.3 is 11.9 Å². The van der Waals surface area contributed by atoms with E-state index in [9.17, 15) is 0 Å². The van der Waals surface area contributed by atoms with Gasteiger partial charge < -0.3 is 31.4 Å². The zero-order valence-electron chi connectivity index (χ0n) is 12.1. The zero-order chi connectivity index (χ0) is 17.0. The second-order valence-electron chi connectivity index (χ2n) is 3.87. The van der Waals surface area contributed by atoms with Crippen molar-refractivity contribution in [3.63, 3.8) is 0 Å². The molecule has 0 saturated carbocycles. The van der Waals surface area contributed by atoms with Crippen molar-refractivity contribution in [1.29, 1.82) is 0 Å². The summed E-state index contributed by atoms with van der Waals surface area (Å²) in [5.41, 5.74) is 10.4. The molecule has 0 spiro atoms. The van der Waals surface area contributed by atoms with Crippen LogP contribution in [0.5, 0.6) is 0 Å². The van der Waals surface area contributed by atoms with Crippen molar-refractivity contribution in [2.24, 2.45) is 16.5 Å². The number of guanidine groups is 1. The first kappa shape index (κ1) is 19.8. The lowest BCUT2D eigenvalue weighted by molar-refractivity contribution is -0.159. The summed E-state index contributed by atoms with van der Waals surface area (Å²) < 4.78 is 5.58. The van der Waals surface area contributed by atoms with Crippen LogP contribution in [0.3, 0.4) is 0 Å². The molecule has 0 aliphatic heterocycles. The Balaban J connectivity index is 0.000000626. The highest BCUT2D eigenvalue weighted by molar-refractivity contribution is 7.98. The molecule has 0 amide bonds. The molecule has 10 heteroatoms. The first-order valence-electron chi connectivity index (χ1n) is 6.18. The van der Waals surface area contributed by atoms with Crippen LogP contribution in [-0.4, -0.2) is 47.5 Å². The summed E-state index contributed by atoms with van der Waals surface area (Å²) in [6.07, 6.45) is 0. The van der Waals surface area contributed by atoms with E-state index in [1.807, 2.05) is 19.2 Å². The predicted octanol–water partition coefficient (Wildman–Crippen LogP) is -0.339. The van der Waals surface area contributed by atoms with Gasteiger partial charge in [0, 0.05) is 5.75 Å². The lowest BCUT2D eigenvalue weighted by atomic mass is 10.4. The molecular weight excluding hydrogens is 312 g/mol. The largest absolute Gasteiger partial charge is 0.473 e. The van der Waals surface area contributed by atoms with Crippen molar-refractivity contribution < 1.29 is 24.2 Å². The Morgan fingerprint density at radius 1 is 1.27 bits per heavy atom. The van der Waals surface area contributed by atoms with Crippen LogP contribution >= 0.6 is 11.8 Å². The average molecular weight is 332 g/mol. The SMILES string of the molecule is CNCc1ccc(CSCCN=C(N)N)o1.O=C(O)C(=O)O. The highest BCUT2D eigenvalue weighted by atomic mass is 32.2. The molecule has 0 unspecified atom stereocenters. The lowest BCUT2D eigenvalue weighted by Crippen LogP contribution is -2.23. The Labute approximate surface area is 131 Å². The summed E-state index contributed by atoms with van der Waals surface area (Å²) in [6, 6.07) is 3.99. The number of carboxylic acids is 2. The smallest absolute Gasteiger partial charge is 0.414 e. The number of hydrogen-bond donors (Lipinski definition) is 5. The van der Waals surface area contributed by atoms with Gasteiger partial charge in [0.25, 0.3) is 0 Å². The summed E-state index contributed by atoms with van der Waals surface area (Å²) in [4.78, 5) is 22.1. The number of thioether (sulfide) groups is 1. The minimum absolute atomic E-state index is 0.148. The Morgan fingerprint density at radius 2 is 1.86 bits per heavy atom. The minimum atomic E-state index is -1.82. The van der Waals surface area contributed by atoms with Crippen LogP contribution in [0, 0.1) is 0 Å². The van der Waals surface area contributed by atoms with Crippen molar-refractivity contribution >= 4 is 29.7 Å². The van der Waals surface area contributed by atoms with Gasteiger partial charge in [-0.25, -0.2) is 9.59 Å². The van der Waals surface area contributed by atoms with Gasteiger partial charge in [-0.15, -0.1) is 0 Å². The van der Waals surface area contributed by atoms with E-state index in [0.717, 1.165) is 29.6 Å². The van der Waals surface area contributed by atoms with E-state index in [0.29, 0.717) is 6.54 Å². The van der Waals surface area contributed by atoms with Crippen molar-refractivity contribution in [2.75, 3.05) is 19.3 Å². The summed E-state index contributed by atoms with van der Waals surface area (Å²) in [6.45, 7) is 1.41. The molecule has 124 valence electrons. The van der Waals surface area contributed by atoms with E-state index in [4.69, 9.17) is 35.7 Å². The fourth-order valence-electron chi connectivity index (χ4n) is 1.18. The molecule has 9 nitrogen and oxygen atoms in total. The number of nitrogens with one attached hydrogen (secondary N) is 1. The second-order valence-corrected chi connectivity index (χ2v) is 4.97. The fourth-order valence-corrected chi connectivity index (χ4v) is 1.90. The molecule has 22 heavy (non-hydrogen) atoms. The third kappa shape index (κ3) is 10.6. The van der Waals surface area contributed by atoms with Crippen LogP contribution in [0.1, 0.15) is 11.5 Å². The molecule has 7 N–H and O–H groups in total. The number of carboxylic acid groups (broad SMARTS) is 2. The van der Waals surface area contributed by atoms with Crippen LogP contribution in [0.15, 0.2) is 21.5 Å². The highest BCUT2D eigenvalue weighted by Gasteiger charge is 2.04. The molecule has 0 aromatic carbocycles. The number of nitrogens with zero attached hydrogens (tertiary/aromatic N) is 1. The molecular formula is C12H20N4O5S. The third-order valence-corrected chi connectivity index (χ3v) is 2.99. The molecule has 0 bridgehead atoms. The predicted molar refractivity (Wildman–Crippen MR) is 83.6 cm³/mol. The monoisotopic (exact) mass is 332 g/mol. The fraction of sp³-hybridized carbons (Fsp3) is 0.417. The van der Waals surface area contributed by atoms with Crippen molar-refractivity contribution in [3.05, 3.63) is 23.7 Å². The first-order valence-corrected chi connectivity index (χ1v) is 7.33. The van der Waals surface area contributed by atoms with E-state index < -0.39 is 11.9 Å². The number of aliphatic imine (C=N–C) groups is 1. The normalized spacial score (nSPS) is 9.50. The molecule has 1 aromatic heterocycles. The molecule has 1 rings (SSSR count). The van der Waals surface area contributed by atoms with Crippen molar-refractivity contribution in [3.8, 4) is 0 Å². The Hall–Kier alpha value is -2.20. The zero-order valence-corrected chi connectivity index (χ0v) is 12.9. The Bertz CT molecular complexity index is 487. The van der Waals surface area contributed by atoms with Crippen molar-refractivity contribution in [2.45, 2.75) is 12.3 Å². The number of carbonyl (C=O) groups is 2. The summed E-state index contributed by atoms with van der Waals surface area (Å²) >= 11 is 1.75. The molecule has 1 aromatic rings. The van der Waals surface area contributed by atoms with Crippen LogP contribution in [0.2, 0.25) is 0 Å². The van der Waals surface area contributed by atoms with E-state index >= 15 is 0 Å². The molecule has 0 saturated heterocycles. The van der Waals surface area contributed by atoms with E-state index in [1.165, 1.54) is 0 Å². The molecule has 0 radical (unpaired) electrons. The minimum Gasteiger partial charge on any atom is -0.473 e. The van der Waals surface area contributed by atoms with Gasteiger partial charge in [0.1, 0.15) is 11.5 Å². The van der Waals surface area contributed by atoms with Gasteiger partial charge in [-0.1, -0.05) is 0 Å². The maximum absolute atomic E-state index is 9.10. The standard InChI is InChI=1S/C10H18N4OS.C2H2O4/c1-13-6-8-2-3-9(15-8)7-16-5-4-14-10(11)12;3-1(4)2(5)6/h2-3,13H,4-7H2,1H3,(H4,11,12,14);(H,3,4)(H,5,6). The summed E-state index contributed by atoms with van der Waals surface area (Å²) in [5.74, 6) is 0.186. The molecule has 0 aliphatic carbocycles. The number of hydrogen-bond acceptors (Lipinski definition) is 6. The van der Waals surface area contributed by atoms with Crippen LogP contribution in [-0.2, 0) is 21.9 Å². The Kier molecular flexibility index (Phi) is 10.3. The molecule has 0 aliphatic rings. The lowest BCUT2D eigenvalue weighted by Gasteiger charge is -1.97. The quantitative estimate of drug-likeness (QED) is 0.194. The van der Waals surface area contributed by atoms with Crippen molar-refractivity contribution in [1.82, 2.24) is 5.32 Å².